The van der Waals surface area contributed by atoms with Crippen LogP contribution in [0.2, 0.25) is 0 Å². The first-order valence-corrected chi connectivity index (χ1v) is 9.80. The summed E-state index contributed by atoms with van der Waals surface area (Å²) in [7, 11) is -3.48. The van der Waals surface area contributed by atoms with E-state index in [-0.39, 0.29) is 24.0 Å². The van der Waals surface area contributed by atoms with Gasteiger partial charge in [-0.25, -0.2) is 4.79 Å². The Morgan fingerprint density at radius 2 is 1.67 bits per heavy atom. The fourth-order valence-electron chi connectivity index (χ4n) is 2.49. The van der Waals surface area contributed by atoms with Crippen molar-refractivity contribution in [1.29, 1.82) is 0 Å². The lowest BCUT2D eigenvalue weighted by molar-refractivity contribution is 0.0454. The third-order valence-corrected chi connectivity index (χ3v) is 6.07. The maximum atomic E-state index is 12.6. The van der Waals surface area contributed by atoms with Crippen molar-refractivity contribution >= 4 is 16.3 Å². The Hall–Kier alpha value is -0.860. The van der Waals surface area contributed by atoms with Crippen LogP contribution in [0, 0.1) is 5.41 Å². The number of amides is 1. The molecule has 1 saturated heterocycles. The minimum absolute atomic E-state index is 0.0769. The molecule has 1 heterocycles. The summed E-state index contributed by atoms with van der Waals surface area (Å²) in [5.41, 5.74) is -0.904. The molecule has 1 amide bonds. The Kier molecular flexibility index (Phi) is 6.33. The van der Waals surface area contributed by atoms with E-state index in [0.29, 0.717) is 13.1 Å². The van der Waals surface area contributed by atoms with Gasteiger partial charge in [-0.05, 0) is 40.0 Å². The van der Waals surface area contributed by atoms with Crippen LogP contribution >= 0.6 is 0 Å². The molecule has 0 aromatic heterocycles. The van der Waals surface area contributed by atoms with Gasteiger partial charge in [0.05, 0.1) is 6.04 Å². The summed E-state index contributed by atoms with van der Waals surface area (Å²) >= 11 is 0. The van der Waals surface area contributed by atoms with Crippen LogP contribution in [0.15, 0.2) is 0 Å². The maximum Gasteiger partial charge on any atom is 0.407 e. The molecule has 0 aromatic carbocycles. The molecule has 24 heavy (non-hydrogen) atoms. The van der Waals surface area contributed by atoms with Crippen LogP contribution < -0.4 is 5.32 Å². The van der Waals surface area contributed by atoms with Crippen LogP contribution in [0.4, 0.5) is 4.79 Å². The van der Waals surface area contributed by atoms with Gasteiger partial charge in [-0.15, -0.1) is 0 Å². The summed E-state index contributed by atoms with van der Waals surface area (Å²) < 4.78 is 33.5. The zero-order valence-corrected chi connectivity index (χ0v) is 17.0. The smallest absolute Gasteiger partial charge is 0.407 e. The van der Waals surface area contributed by atoms with E-state index in [1.165, 1.54) is 8.61 Å². The van der Waals surface area contributed by atoms with E-state index in [1.54, 1.807) is 20.8 Å². The van der Waals surface area contributed by atoms with Gasteiger partial charge in [0.1, 0.15) is 5.60 Å². The number of hydrogen-bond donors (Lipinski definition) is 1. The molecule has 0 radical (unpaired) electrons. The number of nitrogens with zero attached hydrogens (tertiary/aromatic N) is 2. The summed E-state index contributed by atoms with van der Waals surface area (Å²) in [5.74, 6) is 0. The molecule has 1 N–H and O–H groups in total. The molecular formula is C16H33N3O4S. The number of alkyl carbamates (subject to hydrolysis) is 1. The topological polar surface area (TPSA) is 79.0 Å². The molecule has 7 nitrogen and oxygen atoms in total. The van der Waals surface area contributed by atoms with Gasteiger partial charge >= 0.3 is 6.09 Å². The standard InChI is InChI=1S/C16H33N3O4S/c1-12(2)19-10-9-18(24(19,21)22)11-13(15(3,4)5)17-14(20)23-16(6,7)8/h12-13H,9-11H2,1-8H3,(H,17,20)/t13-/m1/s1. The maximum absolute atomic E-state index is 12.6. The first-order valence-electron chi connectivity index (χ1n) is 8.41. The summed E-state index contributed by atoms with van der Waals surface area (Å²) in [5, 5.41) is 2.84. The van der Waals surface area contributed by atoms with E-state index < -0.39 is 21.9 Å². The largest absolute Gasteiger partial charge is 0.444 e. The number of nitrogens with one attached hydrogen (secondary N) is 1. The zero-order valence-electron chi connectivity index (χ0n) is 16.2. The highest BCUT2D eigenvalue weighted by molar-refractivity contribution is 7.87. The Bertz CT molecular complexity index is 547. The highest BCUT2D eigenvalue weighted by Crippen LogP contribution is 2.25. The molecule has 0 spiro atoms. The average Bonchev–Trinajstić information content (AvgIpc) is 2.60. The van der Waals surface area contributed by atoms with Crippen LogP contribution in [0.25, 0.3) is 0 Å². The Morgan fingerprint density at radius 3 is 2.04 bits per heavy atom. The fraction of sp³-hybridized carbons (Fsp3) is 0.938. The lowest BCUT2D eigenvalue weighted by Gasteiger charge is -2.34. The van der Waals surface area contributed by atoms with Crippen LogP contribution in [-0.2, 0) is 14.9 Å². The van der Waals surface area contributed by atoms with Gasteiger partial charge in [0.15, 0.2) is 0 Å². The van der Waals surface area contributed by atoms with Crippen molar-refractivity contribution in [2.45, 2.75) is 73.1 Å². The van der Waals surface area contributed by atoms with E-state index >= 15 is 0 Å². The van der Waals surface area contributed by atoms with E-state index in [2.05, 4.69) is 5.32 Å². The van der Waals surface area contributed by atoms with Gasteiger partial charge in [-0.1, -0.05) is 20.8 Å². The van der Waals surface area contributed by atoms with Gasteiger partial charge in [-0.3, -0.25) is 0 Å². The predicted octanol–water partition coefficient (Wildman–Crippen LogP) is 2.20. The third-order valence-electron chi connectivity index (χ3n) is 3.89. The van der Waals surface area contributed by atoms with Gasteiger partial charge < -0.3 is 10.1 Å². The molecule has 1 fully saturated rings. The van der Waals surface area contributed by atoms with Crippen LogP contribution in [0.5, 0.6) is 0 Å². The van der Waals surface area contributed by atoms with Crippen molar-refractivity contribution in [1.82, 2.24) is 13.9 Å². The molecule has 0 unspecified atom stereocenters. The molecule has 0 aliphatic carbocycles. The van der Waals surface area contributed by atoms with Crippen LogP contribution in [-0.4, -0.2) is 60.4 Å². The molecule has 0 saturated carbocycles. The summed E-state index contributed by atoms with van der Waals surface area (Å²) in [6.45, 7) is 16.2. The molecular weight excluding hydrogens is 330 g/mol. The number of hydrogen-bond acceptors (Lipinski definition) is 4. The first kappa shape index (κ1) is 21.2. The van der Waals surface area contributed by atoms with Crippen molar-refractivity contribution in [3.8, 4) is 0 Å². The normalized spacial score (nSPS) is 21.0. The van der Waals surface area contributed by atoms with E-state index in [1.807, 2.05) is 34.6 Å². The van der Waals surface area contributed by atoms with Gasteiger partial charge in [0, 0.05) is 25.7 Å². The van der Waals surface area contributed by atoms with Crippen molar-refractivity contribution < 1.29 is 17.9 Å². The van der Waals surface area contributed by atoms with E-state index in [0.717, 1.165) is 0 Å². The number of carbonyl (C=O) groups excluding carboxylic acids is 1. The van der Waals surface area contributed by atoms with Gasteiger partial charge in [-0.2, -0.15) is 17.0 Å². The minimum Gasteiger partial charge on any atom is -0.444 e. The quantitative estimate of drug-likeness (QED) is 0.830. The SMILES string of the molecule is CC(C)N1CCN(C[C@@H](NC(=O)OC(C)(C)C)C(C)(C)C)S1(=O)=O. The Morgan fingerprint density at radius 1 is 1.12 bits per heavy atom. The summed E-state index contributed by atoms with van der Waals surface area (Å²) in [4.78, 5) is 12.1. The number of ether oxygens (including phenoxy) is 1. The van der Waals surface area contributed by atoms with Crippen molar-refractivity contribution in [3.63, 3.8) is 0 Å². The lowest BCUT2D eigenvalue weighted by atomic mass is 9.86. The average molecular weight is 364 g/mol. The minimum atomic E-state index is -3.48. The molecule has 0 aromatic rings. The molecule has 1 aliphatic heterocycles. The van der Waals surface area contributed by atoms with Crippen LogP contribution in [0.3, 0.4) is 0 Å². The number of carbonyl (C=O) groups is 1. The van der Waals surface area contributed by atoms with Gasteiger partial charge in [0.25, 0.3) is 10.2 Å². The molecule has 8 heteroatoms. The zero-order chi connectivity index (χ0) is 18.9. The van der Waals surface area contributed by atoms with Gasteiger partial charge in [0.2, 0.25) is 0 Å². The molecule has 1 atom stereocenters. The predicted molar refractivity (Wildman–Crippen MR) is 94.9 cm³/mol. The number of rotatable bonds is 4. The Labute approximate surface area is 146 Å². The second-order valence-corrected chi connectivity index (χ2v) is 10.5. The highest BCUT2D eigenvalue weighted by atomic mass is 32.2. The Balaban J connectivity index is 2.87. The first-order chi connectivity index (χ1) is 10.6. The summed E-state index contributed by atoms with van der Waals surface area (Å²) in [6.07, 6.45) is -0.528. The van der Waals surface area contributed by atoms with Crippen LogP contribution in [0.1, 0.15) is 55.4 Å². The van der Waals surface area contributed by atoms with E-state index in [9.17, 15) is 13.2 Å². The summed E-state index contributed by atoms with van der Waals surface area (Å²) in [6, 6.07) is -0.430. The lowest BCUT2D eigenvalue weighted by Crippen LogP contribution is -2.52. The van der Waals surface area contributed by atoms with Crippen molar-refractivity contribution in [3.05, 3.63) is 0 Å². The molecule has 1 aliphatic rings. The third kappa shape index (κ3) is 5.60. The fourth-order valence-corrected chi connectivity index (χ4v) is 4.28. The second-order valence-electron chi connectivity index (χ2n) is 8.64. The molecule has 142 valence electrons. The van der Waals surface area contributed by atoms with Crippen molar-refractivity contribution in [2.75, 3.05) is 19.6 Å². The monoisotopic (exact) mass is 363 g/mol. The highest BCUT2D eigenvalue weighted by Gasteiger charge is 2.41. The molecule has 1 rings (SSSR count). The molecule has 0 bridgehead atoms. The second kappa shape index (κ2) is 7.17. The van der Waals surface area contributed by atoms with Crippen molar-refractivity contribution in [2.24, 2.45) is 5.41 Å². The van der Waals surface area contributed by atoms with E-state index in [4.69, 9.17) is 4.74 Å².